The maximum absolute atomic E-state index is 3.70. The maximum Gasteiger partial charge on any atom is 0.0391 e. The zero-order valence-electron chi connectivity index (χ0n) is 11.6. The van der Waals surface area contributed by atoms with E-state index in [2.05, 4.69) is 54.9 Å². The molecule has 1 aromatic carbocycles. The van der Waals surface area contributed by atoms with Gasteiger partial charge in [-0.3, -0.25) is 0 Å². The fourth-order valence-corrected chi connectivity index (χ4v) is 3.70. The third-order valence-electron chi connectivity index (χ3n) is 4.09. The largest absolute Gasteiger partial charge is 0.303 e. The van der Waals surface area contributed by atoms with E-state index >= 15 is 0 Å². The SMILES string of the molecule is CC(NC(C)c1cccs1)c1ccc2c(c1)CCC2. The van der Waals surface area contributed by atoms with Crippen LogP contribution in [0.3, 0.4) is 0 Å². The highest BCUT2D eigenvalue weighted by atomic mass is 32.1. The van der Waals surface area contributed by atoms with Crippen LogP contribution >= 0.6 is 11.3 Å². The lowest BCUT2D eigenvalue weighted by Crippen LogP contribution is -2.21. The van der Waals surface area contributed by atoms with E-state index in [0.717, 1.165) is 0 Å². The number of aryl methyl sites for hydroxylation is 2. The van der Waals surface area contributed by atoms with Crippen molar-refractivity contribution >= 4 is 11.3 Å². The number of benzene rings is 1. The van der Waals surface area contributed by atoms with Crippen molar-refractivity contribution in [2.45, 2.75) is 45.2 Å². The highest BCUT2D eigenvalue weighted by Crippen LogP contribution is 2.27. The summed E-state index contributed by atoms with van der Waals surface area (Å²) < 4.78 is 0. The van der Waals surface area contributed by atoms with Gasteiger partial charge in [0, 0.05) is 17.0 Å². The van der Waals surface area contributed by atoms with Gasteiger partial charge >= 0.3 is 0 Å². The van der Waals surface area contributed by atoms with Crippen molar-refractivity contribution in [3.05, 3.63) is 57.3 Å². The van der Waals surface area contributed by atoms with Crippen molar-refractivity contribution in [3.63, 3.8) is 0 Å². The lowest BCUT2D eigenvalue weighted by atomic mass is 10.0. The smallest absolute Gasteiger partial charge is 0.0391 e. The molecule has 19 heavy (non-hydrogen) atoms. The van der Waals surface area contributed by atoms with Crippen molar-refractivity contribution in [3.8, 4) is 0 Å². The molecule has 1 aliphatic rings. The summed E-state index contributed by atoms with van der Waals surface area (Å²) in [5.41, 5.74) is 4.54. The molecule has 100 valence electrons. The first kappa shape index (κ1) is 12.9. The number of hydrogen-bond acceptors (Lipinski definition) is 2. The van der Waals surface area contributed by atoms with Gasteiger partial charge in [0.25, 0.3) is 0 Å². The Bertz CT molecular complexity index is 544. The second-order valence-electron chi connectivity index (χ2n) is 5.51. The number of fused-ring (bicyclic) bond motifs is 1. The van der Waals surface area contributed by atoms with Crippen molar-refractivity contribution in [1.29, 1.82) is 0 Å². The molecule has 0 saturated carbocycles. The van der Waals surface area contributed by atoms with Crippen LogP contribution in [0.5, 0.6) is 0 Å². The van der Waals surface area contributed by atoms with E-state index in [4.69, 9.17) is 0 Å². The molecule has 2 heteroatoms. The van der Waals surface area contributed by atoms with Crippen molar-refractivity contribution in [2.24, 2.45) is 0 Å². The molecule has 1 nitrogen and oxygen atoms in total. The normalized spacial score (nSPS) is 17.2. The van der Waals surface area contributed by atoms with Gasteiger partial charge in [0.05, 0.1) is 0 Å². The van der Waals surface area contributed by atoms with Crippen LogP contribution in [-0.2, 0) is 12.8 Å². The van der Waals surface area contributed by atoms with E-state index in [9.17, 15) is 0 Å². The van der Waals surface area contributed by atoms with E-state index in [0.29, 0.717) is 12.1 Å². The van der Waals surface area contributed by atoms with E-state index in [1.807, 2.05) is 11.3 Å². The van der Waals surface area contributed by atoms with Crippen LogP contribution in [0.4, 0.5) is 0 Å². The lowest BCUT2D eigenvalue weighted by molar-refractivity contribution is 0.500. The first-order chi connectivity index (χ1) is 9.24. The van der Waals surface area contributed by atoms with Crippen molar-refractivity contribution < 1.29 is 0 Å². The zero-order chi connectivity index (χ0) is 13.2. The molecule has 0 fully saturated rings. The van der Waals surface area contributed by atoms with Gasteiger partial charge in [-0.25, -0.2) is 0 Å². The molecule has 0 bridgehead atoms. The Hall–Kier alpha value is -1.12. The van der Waals surface area contributed by atoms with Gasteiger partial charge in [-0.1, -0.05) is 24.3 Å². The highest BCUT2D eigenvalue weighted by molar-refractivity contribution is 7.10. The topological polar surface area (TPSA) is 12.0 Å². The minimum Gasteiger partial charge on any atom is -0.303 e. The summed E-state index contributed by atoms with van der Waals surface area (Å²) in [4.78, 5) is 1.41. The first-order valence-electron chi connectivity index (χ1n) is 7.15. The van der Waals surface area contributed by atoms with E-state index in [1.165, 1.54) is 29.7 Å². The summed E-state index contributed by atoms with van der Waals surface area (Å²) in [6.45, 7) is 4.51. The Morgan fingerprint density at radius 3 is 2.68 bits per heavy atom. The minimum atomic E-state index is 0.406. The van der Waals surface area contributed by atoms with Gasteiger partial charge in [0.1, 0.15) is 0 Å². The third kappa shape index (κ3) is 2.75. The van der Waals surface area contributed by atoms with E-state index in [-0.39, 0.29) is 0 Å². The Balaban J connectivity index is 1.72. The van der Waals surface area contributed by atoms with Crippen LogP contribution in [0.2, 0.25) is 0 Å². The van der Waals surface area contributed by atoms with Gasteiger partial charge in [-0.2, -0.15) is 0 Å². The Labute approximate surface area is 119 Å². The highest BCUT2D eigenvalue weighted by Gasteiger charge is 2.15. The third-order valence-corrected chi connectivity index (χ3v) is 5.15. The number of thiophene rings is 1. The fraction of sp³-hybridized carbons (Fsp3) is 0.412. The molecule has 2 unspecified atom stereocenters. The molecule has 2 aromatic rings. The van der Waals surface area contributed by atoms with Gasteiger partial charge in [-0.05, 0) is 61.2 Å². The van der Waals surface area contributed by atoms with Crippen LogP contribution in [0, 0.1) is 0 Å². The average molecular weight is 271 g/mol. The average Bonchev–Trinajstić information content (AvgIpc) is 3.09. The molecule has 1 aliphatic carbocycles. The fourth-order valence-electron chi connectivity index (χ4n) is 2.95. The van der Waals surface area contributed by atoms with Gasteiger partial charge in [0.2, 0.25) is 0 Å². The molecule has 0 spiro atoms. The summed E-state index contributed by atoms with van der Waals surface area (Å²) >= 11 is 1.83. The minimum absolute atomic E-state index is 0.406. The second-order valence-corrected chi connectivity index (χ2v) is 6.49. The summed E-state index contributed by atoms with van der Waals surface area (Å²) in [5.74, 6) is 0. The van der Waals surface area contributed by atoms with E-state index in [1.54, 1.807) is 11.1 Å². The molecule has 0 aliphatic heterocycles. The quantitative estimate of drug-likeness (QED) is 0.853. The van der Waals surface area contributed by atoms with Gasteiger partial charge in [0.15, 0.2) is 0 Å². The van der Waals surface area contributed by atoms with Crippen LogP contribution < -0.4 is 5.32 Å². The predicted molar refractivity (Wildman–Crippen MR) is 82.8 cm³/mol. The van der Waals surface area contributed by atoms with Crippen LogP contribution in [0.25, 0.3) is 0 Å². The first-order valence-corrected chi connectivity index (χ1v) is 8.03. The standard InChI is InChI=1S/C17H21NS/c1-12(18-13(2)17-7-4-10-19-17)15-9-8-14-5-3-6-16(14)11-15/h4,7-13,18H,3,5-6H2,1-2H3. The summed E-state index contributed by atoms with van der Waals surface area (Å²) in [7, 11) is 0. The molecule has 3 rings (SSSR count). The Morgan fingerprint density at radius 2 is 1.89 bits per heavy atom. The van der Waals surface area contributed by atoms with Crippen LogP contribution in [-0.4, -0.2) is 0 Å². The molecule has 1 heterocycles. The summed E-state index contributed by atoms with van der Waals surface area (Å²) in [6.07, 6.45) is 3.85. The van der Waals surface area contributed by atoms with Gasteiger partial charge < -0.3 is 5.32 Å². The molecular formula is C17H21NS. The van der Waals surface area contributed by atoms with Crippen LogP contribution in [0.1, 0.15) is 53.9 Å². The molecular weight excluding hydrogens is 250 g/mol. The lowest BCUT2D eigenvalue weighted by Gasteiger charge is -2.20. The number of rotatable bonds is 4. The molecule has 1 aromatic heterocycles. The monoisotopic (exact) mass is 271 g/mol. The Kier molecular flexibility index (Phi) is 3.72. The molecule has 0 amide bonds. The van der Waals surface area contributed by atoms with Crippen molar-refractivity contribution in [1.82, 2.24) is 5.32 Å². The van der Waals surface area contributed by atoms with Gasteiger partial charge in [-0.15, -0.1) is 11.3 Å². The van der Waals surface area contributed by atoms with Crippen molar-refractivity contribution in [2.75, 3.05) is 0 Å². The summed E-state index contributed by atoms with van der Waals surface area (Å²) in [6, 6.07) is 12.2. The molecule has 0 radical (unpaired) electrons. The molecule has 2 atom stereocenters. The van der Waals surface area contributed by atoms with E-state index < -0.39 is 0 Å². The second kappa shape index (κ2) is 5.48. The maximum atomic E-state index is 3.70. The predicted octanol–water partition coefficient (Wildman–Crippen LogP) is 4.65. The molecule has 1 N–H and O–H groups in total. The zero-order valence-corrected chi connectivity index (χ0v) is 12.5. The summed E-state index contributed by atoms with van der Waals surface area (Å²) in [5, 5.41) is 5.85. The molecule has 0 saturated heterocycles. The number of nitrogens with one attached hydrogen (secondary N) is 1. The number of hydrogen-bond donors (Lipinski definition) is 1. The van der Waals surface area contributed by atoms with Crippen LogP contribution in [0.15, 0.2) is 35.7 Å². The Morgan fingerprint density at radius 1 is 1.05 bits per heavy atom.